The molecule has 0 aliphatic rings. The van der Waals surface area contributed by atoms with Gasteiger partial charge in [-0.25, -0.2) is 8.78 Å². The van der Waals surface area contributed by atoms with Gasteiger partial charge in [-0.1, -0.05) is 24.3 Å². The second kappa shape index (κ2) is 8.90. The number of pyridine rings is 1. The molecule has 0 fully saturated rings. The summed E-state index contributed by atoms with van der Waals surface area (Å²) < 4.78 is 32.6. The Balaban J connectivity index is 1.64. The average Bonchev–Trinajstić information content (AvgIpc) is 2.70. The van der Waals surface area contributed by atoms with Crippen LogP contribution in [0.5, 0.6) is 11.5 Å². The Morgan fingerprint density at radius 1 is 1.11 bits per heavy atom. The summed E-state index contributed by atoms with van der Waals surface area (Å²) in [5.41, 5.74) is 0.842. The molecule has 0 aliphatic heterocycles. The van der Waals surface area contributed by atoms with Crippen LogP contribution >= 0.6 is 0 Å². The zero-order valence-electron chi connectivity index (χ0n) is 15.1. The van der Waals surface area contributed by atoms with Gasteiger partial charge < -0.3 is 10.1 Å². The number of carbonyl (C=O) groups excluding carboxylic acids is 1. The van der Waals surface area contributed by atoms with Crippen LogP contribution in [0.1, 0.15) is 24.1 Å². The predicted molar refractivity (Wildman–Crippen MR) is 103 cm³/mol. The van der Waals surface area contributed by atoms with Crippen molar-refractivity contribution >= 4 is 12.0 Å². The molecule has 1 atom stereocenters. The summed E-state index contributed by atoms with van der Waals surface area (Å²) in [6, 6.07) is 14.3. The molecule has 142 valence electrons. The summed E-state index contributed by atoms with van der Waals surface area (Å²) in [7, 11) is 0. The number of halogens is 2. The van der Waals surface area contributed by atoms with Gasteiger partial charge in [-0.3, -0.25) is 9.78 Å². The molecule has 3 aromatic rings. The number of ether oxygens (including phenoxy) is 1. The number of aromatic nitrogens is 1. The van der Waals surface area contributed by atoms with Crippen LogP contribution in [0.25, 0.3) is 6.08 Å². The molecule has 2 aromatic carbocycles. The third kappa shape index (κ3) is 5.01. The largest absolute Gasteiger partial charge is 0.456 e. The fourth-order valence-corrected chi connectivity index (χ4v) is 2.55. The predicted octanol–water partition coefficient (Wildman–Crippen LogP) is 5.04. The highest BCUT2D eigenvalue weighted by Crippen LogP contribution is 2.24. The minimum absolute atomic E-state index is 0.00895. The third-order valence-corrected chi connectivity index (χ3v) is 3.98. The molecule has 1 amide bonds. The molecule has 0 bridgehead atoms. The number of rotatable bonds is 6. The number of amides is 1. The lowest BCUT2D eigenvalue weighted by Crippen LogP contribution is -2.24. The maximum absolute atomic E-state index is 13.6. The summed E-state index contributed by atoms with van der Waals surface area (Å²) >= 11 is 0. The highest BCUT2D eigenvalue weighted by atomic mass is 19.2. The van der Waals surface area contributed by atoms with Gasteiger partial charge in [-0.15, -0.1) is 0 Å². The maximum atomic E-state index is 13.6. The molecule has 0 spiro atoms. The van der Waals surface area contributed by atoms with E-state index in [9.17, 15) is 13.6 Å². The molecule has 0 radical (unpaired) electrons. The molecule has 4 nitrogen and oxygen atoms in total. The zero-order valence-corrected chi connectivity index (χ0v) is 15.1. The van der Waals surface area contributed by atoms with Crippen molar-refractivity contribution in [1.82, 2.24) is 10.3 Å². The molecule has 1 N–H and O–H groups in total. The Morgan fingerprint density at radius 2 is 1.89 bits per heavy atom. The first kappa shape index (κ1) is 19.2. The van der Waals surface area contributed by atoms with Crippen LogP contribution in [0.4, 0.5) is 8.78 Å². The van der Waals surface area contributed by atoms with Crippen molar-refractivity contribution < 1.29 is 18.3 Å². The summed E-state index contributed by atoms with van der Waals surface area (Å²) in [4.78, 5) is 16.1. The minimum atomic E-state index is -0.986. The molecule has 0 aliphatic carbocycles. The first-order valence-corrected chi connectivity index (χ1v) is 8.63. The van der Waals surface area contributed by atoms with E-state index in [0.717, 1.165) is 11.6 Å². The van der Waals surface area contributed by atoms with Gasteiger partial charge in [0.2, 0.25) is 5.91 Å². The first-order chi connectivity index (χ1) is 13.5. The molecule has 1 aromatic heterocycles. The quantitative estimate of drug-likeness (QED) is 0.610. The minimum Gasteiger partial charge on any atom is -0.456 e. The van der Waals surface area contributed by atoms with Crippen LogP contribution in [0.3, 0.4) is 0 Å². The third-order valence-electron chi connectivity index (χ3n) is 3.98. The van der Waals surface area contributed by atoms with Crippen molar-refractivity contribution in [3.05, 3.63) is 95.8 Å². The van der Waals surface area contributed by atoms with Gasteiger partial charge in [0.1, 0.15) is 11.5 Å². The Morgan fingerprint density at radius 3 is 2.68 bits per heavy atom. The van der Waals surface area contributed by atoms with E-state index in [4.69, 9.17) is 4.74 Å². The first-order valence-electron chi connectivity index (χ1n) is 8.63. The number of nitrogens with zero attached hydrogens (tertiary/aromatic N) is 1. The lowest BCUT2D eigenvalue weighted by molar-refractivity contribution is -0.117. The van der Waals surface area contributed by atoms with Crippen LogP contribution in [0.15, 0.2) is 73.1 Å². The van der Waals surface area contributed by atoms with E-state index in [1.165, 1.54) is 24.3 Å². The van der Waals surface area contributed by atoms with Crippen molar-refractivity contribution in [3.63, 3.8) is 0 Å². The van der Waals surface area contributed by atoms with E-state index >= 15 is 0 Å². The van der Waals surface area contributed by atoms with Gasteiger partial charge in [-0.05, 0) is 48.9 Å². The zero-order chi connectivity index (χ0) is 19.9. The van der Waals surface area contributed by atoms with Crippen LogP contribution in [0.2, 0.25) is 0 Å². The lowest BCUT2D eigenvalue weighted by atomic mass is 10.1. The van der Waals surface area contributed by atoms with Gasteiger partial charge in [0.05, 0.1) is 12.2 Å². The van der Waals surface area contributed by atoms with Gasteiger partial charge >= 0.3 is 0 Å². The Kier molecular flexibility index (Phi) is 6.11. The normalized spacial score (nSPS) is 12.0. The van der Waals surface area contributed by atoms with Crippen molar-refractivity contribution in [2.75, 3.05) is 0 Å². The van der Waals surface area contributed by atoms with Gasteiger partial charge in [0.15, 0.2) is 11.6 Å². The second-order valence-electron chi connectivity index (χ2n) is 6.07. The summed E-state index contributed by atoms with van der Waals surface area (Å²) in [5, 5.41) is 2.78. The summed E-state index contributed by atoms with van der Waals surface area (Å²) in [5.74, 6) is -1.14. The van der Waals surface area contributed by atoms with Crippen LogP contribution in [-0.2, 0) is 4.79 Å². The van der Waals surface area contributed by atoms with E-state index in [-0.39, 0.29) is 11.6 Å². The number of hydrogen-bond acceptors (Lipinski definition) is 3. The van der Waals surface area contributed by atoms with Gasteiger partial charge in [0, 0.05) is 17.8 Å². The van der Waals surface area contributed by atoms with E-state index in [0.29, 0.717) is 11.5 Å². The molecule has 28 heavy (non-hydrogen) atoms. The Hall–Kier alpha value is -3.54. The fourth-order valence-electron chi connectivity index (χ4n) is 2.55. The topological polar surface area (TPSA) is 51.2 Å². The monoisotopic (exact) mass is 380 g/mol. The summed E-state index contributed by atoms with van der Waals surface area (Å²) in [6.45, 7) is 1.82. The standard InChI is InChI=1S/C22H18F2N2O2/c1-15(26-21(27)11-10-16-5-3-9-20(23)22(16)24)17-6-2-7-18(13-17)28-19-8-4-12-25-14-19/h2-15H,1H3,(H,26,27)/b11-10+/t15-/m0/s1. The smallest absolute Gasteiger partial charge is 0.244 e. The Labute approximate surface area is 161 Å². The molecular weight excluding hydrogens is 362 g/mol. The molecule has 3 rings (SSSR count). The molecule has 6 heteroatoms. The van der Waals surface area contributed by atoms with E-state index in [1.54, 1.807) is 30.6 Å². The molecule has 1 heterocycles. The highest BCUT2D eigenvalue weighted by molar-refractivity contribution is 5.92. The van der Waals surface area contributed by atoms with E-state index in [2.05, 4.69) is 10.3 Å². The Bertz CT molecular complexity index is 991. The van der Waals surface area contributed by atoms with Crippen LogP contribution < -0.4 is 10.1 Å². The van der Waals surface area contributed by atoms with Crippen LogP contribution in [0, 0.1) is 11.6 Å². The average molecular weight is 380 g/mol. The lowest BCUT2D eigenvalue weighted by Gasteiger charge is -2.14. The van der Waals surface area contributed by atoms with Crippen molar-refractivity contribution in [2.45, 2.75) is 13.0 Å². The van der Waals surface area contributed by atoms with E-state index < -0.39 is 17.5 Å². The molecule has 0 unspecified atom stereocenters. The summed E-state index contributed by atoms with van der Waals surface area (Å²) in [6.07, 6.45) is 5.67. The number of nitrogens with one attached hydrogen (secondary N) is 1. The van der Waals surface area contributed by atoms with Crippen molar-refractivity contribution in [2.24, 2.45) is 0 Å². The van der Waals surface area contributed by atoms with Gasteiger partial charge in [-0.2, -0.15) is 0 Å². The molecule has 0 saturated carbocycles. The fraction of sp³-hybridized carbons (Fsp3) is 0.0909. The number of benzene rings is 2. The molecule has 0 saturated heterocycles. The highest BCUT2D eigenvalue weighted by Gasteiger charge is 2.10. The van der Waals surface area contributed by atoms with Crippen molar-refractivity contribution in [1.29, 1.82) is 0 Å². The number of hydrogen-bond donors (Lipinski definition) is 1. The SMILES string of the molecule is C[C@H](NC(=O)/C=C/c1cccc(F)c1F)c1cccc(Oc2cccnc2)c1. The second-order valence-corrected chi connectivity index (χ2v) is 6.07. The molecular formula is C22H18F2N2O2. The number of carbonyl (C=O) groups is 1. The van der Waals surface area contributed by atoms with Crippen molar-refractivity contribution in [3.8, 4) is 11.5 Å². The van der Waals surface area contributed by atoms with Gasteiger partial charge in [0.25, 0.3) is 0 Å². The van der Waals surface area contributed by atoms with Crippen LogP contribution in [-0.4, -0.2) is 10.9 Å². The van der Waals surface area contributed by atoms with E-state index in [1.807, 2.05) is 25.1 Å². The maximum Gasteiger partial charge on any atom is 0.244 e.